The fourth-order valence-electron chi connectivity index (χ4n) is 1.49. The third-order valence-electron chi connectivity index (χ3n) is 2.35. The Morgan fingerprint density at radius 1 is 1.53 bits per heavy atom. The Bertz CT molecular complexity index is 246. The second kappa shape index (κ2) is 5.64. The SMILES string of the molecule is NNC(=O)CCN1CCOCC1C(N)=O. The predicted octanol–water partition coefficient (Wildman–Crippen LogP) is -2.45. The van der Waals surface area contributed by atoms with Crippen LogP contribution in [-0.4, -0.2) is 49.1 Å². The van der Waals surface area contributed by atoms with E-state index < -0.39 is 11.9 Å². The van der Waals surface area contributed by atoms with E-state index in [9.17, 15) is 9.59 Å². The molecule has 0 radical (unpaired) electrons. The number of primary amides is 1. The maximum absolute atomic E-state index is 11.1. The van der Waals surface area contributed by atoms with E-state index in [0.717, 1.165) is 0 Å². The van der Waals surface area contributed by atoms with Crippen molar-refractivity contribution in [1.29, 1.82) is 0 Å². The monoisotopic (exact) mass is 216 g/mol. The van der Waals surface area contributed by atoms with Crippen LogP contribution in [0.4, 0.5) is 0 Å². The molecule has 0 spiro atoms. The van der Waals surface area contributed by atoms with Crippen molar-refractivity contribution in [3.8, 4) is 0 Å². The Balaban J connectivity index is 2.42. The molecule has 0 aromatic rings. The number of carbonyl (C=O) groups excluding carboxylic acids is 2. The van der Waals surface area contributed by atoms with E-state index in [1.165, 1.54) is 0 Å². The predicted molar refractivity (Wildman–Crippen MR) is 52.3 cm³/mol. The smallest absolute Gasteiger partial charge is 0.237 e. The molecule has 1 heterocycles. The quantitative estimate of drug-likeness (QED) is 0.274. The van der Waals surface area contributed by atoms with Gasteiger partial charge in [-0.05, 0) is 0 Å². The highest BCUT2D eigenvalue weighted by Crippen LogP contribution is 2.06. The van der Waals surface area contributed by atoms with Crippen LogP contribution in [0, 0.1) is 0 Å². The van der Waals surface area contributed by atoms with E-state index in [1.807, 2.05) is 10.3 Å². The molecule has 1 aliphatic heterocycles. The van der Waals surface area contributed by atoms with Gasteiger partial charge in [-0.3, -0.25) is 19.9 Å². The van der Waals surface area contributed by atoms with Crippen molar-refractivity contribution in [2.75, 3.05) is 26.3 Å². The van der Waals surface area contributed by atoms with Crippen LogP contribution in [0.3, 0.4) is 0 Å². The third kappa shape index (κ3) is 3.46. The zero-order valence-corrected chi connectivity index (χ0v) is 8.44. The van der Waals surface area contributed by atoms with Crippen molar-refractivity contribution < 1.29 is 14.3 Å². The van der Waals surface area contributed by atoms with Crippen LogP contribution in [0.1, 0.15) is 6.42 Å². The lowest BCUT2D eigenvalue weighted by molar-refractivity contribution is -0.131. The van der Waals surface area contributed by atoms with E-state index in [0.29, 0.717) is 26.3 Å². The van der Waals surface area contributed by atoms with Crippen LogP contribution >= 0.6 is 0 Å². The number of ether oxygens (including phenoxy) is 1. The third-order valence-corrected chi connectivity index (χ3v) is 2.35. The van der Waals surface area contributed by atoms with Gasteiger partial charge < -0.3 is 10.5 Å². The van der Waals surface area contributed by atoms with E-state index in [-0.39, 0.29) is 12.3 Å². The van der Waals surface area contributed by atoms with Gasteiger partial charge in [0.25, 0.3) is 0 Å². The Morgan fingerprint density at radius 2 is 2.27 bits per heavy atom. The first-order valence-electron chi connectivity index (χ1n) is 4.75. The molecule has 1 fully saturated rings. The summed E-state index contributed by atoms with van der Waals surface area (Å²) in [5.41, 5.74) is 7.25. The first-order valence-corrected chi connectivity index (χ1v) is 4.75. The number of rotatable bonds is 4. The molecule has 1 aliphatic rings. The molecule has 1 unspecified atom stereocenters. The number of nitrogens with two attached hydrogens (primary N) is 2. The molecule has 2 amide bonds. The number of hydrazine groups is 1. The van der Waals surface area contributed by atoms with Gasteiger partial charge >= 0.3 is 0 Å². The van der Waals surface area contributed by atoms with Crippen molar-refractivity contribution in [3.05, 3.63) is 0 Å². The lowest BCUT2D eigenvalue weighted by atomic mass is 10.2. The second-order valence-corrected chi connectivity index (χ2v) is 3.35. The van der Waals surface area contributed by atoms with Crippen LogP contribution in [0.25, 0.3) is 0 Å². The average molecular weight is 216 g/mol. The molecule has 1 rings (SSSR count). The molecule has 0 aromatic heterocycles. The molecule has 0 bridgehead atoms. The van der Waals surface area contributed by atoms with Crippen LogP contribution in [0.15, 0.2) is 0 Å². The normalized spacial score (nSPS) is 22.3. The maximum atomic E-state index is 11.1. The van der Waals surface area contributed by atoms with Gasteiger partial charge in [-0.2, -0.15) is 0 Å². The molecule has 86 valence electrons. The number of hydrogen-bond acceptors (Lipinski definition) is 5. The van der Waals surface area contributed by atoms with Crippen molar-refractivity contribution in [2.45, 2.75) is 12.5 Å². The summed E-state index contributed by atoms with van der Waals surface area (Å²) in [5, 5.41) is 0. The summed E-state index contributed by atoms with van der Waals surface area (Å²) in [4.78, 5) is 23.8. The summed E-state index contributed by atoms with van der Waals surface area (Å²) >= 11 is 0. The fourth-order valence-corrected chi connectivity index (χ4v) is 1.49. The molecule has 15 heavy (non-hydrogen) atoms. The largest absolute Gasteiger partial charge is 0.378 e. The molecular weight excluding hydrogens is 200 g/mol. The Labute approximate surface area is 87.7 Å². The first kappa shape index (κ1) is 11.9. The Morgan fingerprint density at radius 3 is 2.87 bits per heavy atom. The molecule has 7 nitrogen and oxygen atoms in total. The highest BCUT2D eigenvalue weighted by Gasteiger charge is 2.27. The number of nitrogens with one attached hydrogen (secondary N) is 1. The Hall–Kier alpha value is -1.18. The van der Waals surface area contributed by atoms with Crippen LogP contribution in [0.2, 0.25) is 0 Å². The minimum Gasteiger partial charge on any atom is -0.378 e. The van der Waals surface area contributed by atoms with E-state index in [1.54, 1.807) is 0 Å². The van der Waals surface area contributed by atoms with Crippen molar-refractivity contribution in [2.24, 2.45) is 11.6 Å². The van der Waals surface area contributed by atoms with Gasteiger partial charge in [0, 0.05) is 19.5 Å². The first-order chi connectivity index (χ1) is 7.15. The standard InChI is InChI=1S/C8H16N4O3/c9-8(14)6-5-15-4-3-12(6)2-1-7(13)11-10/h6H,1-5,10H2,(H2,9,14)(H,11,13). The molecule has 0 aliphatic carbocycles. The van der Waals surface area contributed by atoms with Crippen LogP contribution in [0.5, 0.6) is 0 Å². The van der Waals surface area contributed by atoms with Gasteiger partial charge in [-0.1, -0.05) is 0 Å². The summed E-state index contributed by atoms with van der Waals surface area (Å²) in [7, 11) is 0. The maximum Gasteiger partial charge on any atom is 0.237 e. The van der Waals surface area contributed by atoms with Crippen molar-refractivity contribution in [1.82, 2.24) is 10.3 Å². The minimum atomic E-state index is -0.440. The highest BCUT2D eigenvalue weighted by atomic mass is 16.5. The molecule has 1 saturated heterocycles. The van der Waals surface area contributed by atoms with Crippen LogP contribution < -0.4 is 17.0 Å². The Kier molecular flexibility index (Phi) is 4.47. The second-order valence-electron chi connectivity index (χ2n) is 3.35. The van der Waals surface area contributed by atoms with Gasteiger partial charge in [-0.25, -0.2) is 5.84 Å². The zero-order chi connectivity index (χ0) is 11.3. The van der Waals surface area contributed by atoms with Crippen molar-refractivity contribution in [3.63, 3.8) is 0 Å². The number of hydrogen-bond donors (Lipinski definition) is 3. The molecule has 7 heteroatoms. The van der Waals surface area contributed by atoms with E-state index >= 15 is 0 Å². The number of nitrogens with zero attached hydrogens (tertiary/aromatic N) is 1. The summed E-state index contributed by atoms with van der Waals surface area (Å²) in [5.74, 6) is 4.26. The number of amides is 2. The fraction of sp³-hybridized carbons (Fsp3) is 0.750. The molecule has 0 aromatic carbocycles. The topological polar surface area (TPSA) is 111 Å². The van der Waals surface area contributed by atoms with Gasteiger partial charge in [0.2, 0.25) is 11.8 Å². The molecule has 1 atom stereocenters. The number of morpholine rings is 1. The van der Waals surface area contributed by atoms with Gasteiger partial charge in [0.1, 0.15) is 6.04 Å². The average Bonchev–Trinajstić information content (AvgIpc) is 2.26. The van der Waals surface area contributed by atoms with Gasteiger partial charge in [-0.15, -0.1) is 0 Å². The zero-order valence-electron chi connectivity index (χ0n) is 8.44. The van der Waals surface area contributed by atoms with Gasteiger partial charge in [0.05, 0.1) is 13.2 Å². The molecule has 0 saturated carbocycles. The lowest BCUT2D eigenvalue weighted by Gasteiger charge is -2.33. The van der Waals surface area contributed by atoms with Gasteiger partial charge in [0.15, 0.2) is 0 Å². The van der Waals surface area contributed by atoms with E-state index in [2.05, 4.69) is 0 Å². The summed E-state index contributed by atoms with van der Waals surface area (Å²) < 4.78 is 5.14. The summed E-state index contributed by atoms with van der Waals surface area (Å²) in [6.07, 6.45) is 0.250. The van der Waals surface area contributed by atoms with Crippen molar-refractivity contribution >= 4 is 11.8 Å². The summed E-state index contributed by atoms with van der Waals surface area (Å²) in [6.45, 7) is 1.90. The lowest BCUT2D eigenvalue weighted by Crippen LogP contribution is -2.53. The van der Waals surface area contributed by atoms with Crippen LogP contribution in [-0.2, 0) is 14.3 Å². The number of carbonyl (C=O) groups is 2. The molecular formula is C8H16N4O3. The van der Waals surface area contributed by atoms with E-state index in [4.69, 9.17) is 16.3 Å². The molecule has 5 N–H and O–H groups in total. The minimum absolute atomic E-state index is 0.250. The highest BCUT2D eigenvalue weighted by molar-refractivity contribution is 5.80. The summed E-state index contributed by atoms with van der Waals surface area (Å²) in [6, 6.07) is -0.440.